The van der Waals surface area contributed by atoms with E-state index in [0.717, 1.165) is 18.2 Å². The van der Waals surface area contributed by atoms with Crippen molar-refractivity contribution < 1.29 is 14.0 Å². The van der Waals surface area contributed by atoms with Crippen LogP contribution in [0.5, 0.6) is 0 Å². The molecule has 0 bridgehead atoms. The number of nitrogens with zero attached hydrogens (tertiary/aromatic N) is 2. The molecule has 0 unspecified atom stereocenters. The van der Waals surface area contributed by atoms with Crippen LogP contribution in [0.3, 0.4) is 0 Å². The summed E-state index contributed by atoms with van der Waals surface area (Å²) in [7, 11) is 0. The zero-order valence-corrected chi connectivity index (χ0v) is 17.5. The Balaban J connectivity index is 1.42. The number of fused-ring (bicyclic) bond motifs is 1. The quantitative estimate of drug-likeness (QED) is 0.553. The number of hydrogen-bond donors (Lipinski definition) is 3. The molecule has 9 heteroatoms. The second kappa shape index (κ2) is 8.95. The van der Waals surface area contributed by atoms with Gasteiger partial charge in [0.2, 0.25) is 0 Å². The van der Waals surface area contributed by atoms with Gasteiger partial charge >= 0.3 is 12.1 Å². The fourth-order valence-electron chi connectivity index (χ4n) is 4.02. The van der Waals surface area contributed by atoms with Crippen molar-refractivity contribution in [3.63, 3.8) is 0 Å². The Morgan fingerprint density at radius 3 is 2.81 bits per heavy atom. The summed E-state index contributed by atoms with van der Waals surface area (Å²) in [6.45, 7) is 1.48. The van der Waals surface area contributed by atoms with Gasteiger partial charge in [0.25, 0.3) is 0 Å². The van der Waals surface area contributed by atoms with Crippen LogP contribution in [0.1, 0.15) is 18.4 Å². The number of aromatic nitrogens is 1. The number of carbonyl (C=O) groups is 2. The van der Waals surface area contributed by atoms with Gasteiger partial charge in [-0.2, -0.15) is 0 Å². The maximum Gasteiger partial charge on any atom is 0.323 e. The summed E-state index contributed by atoms with van der Waals surface area (Å²) in [6.07, 6.45) is 3.27. The molecule has 1 aromatic heterocycles. The molecule has 31 heavy (non-hydrogen) atoms. The number of para-hydroxylation sites is 1. The van der Waals surface area contributed by atoms with E-state index in [1.54, 1.807) is 29.2 Å². The zero-order valence-electron chi connectivity index (χ0n) is 16.8. The molecule has 162 valence electrons. The predicted molar refractivity (Wildman–Crippen MR) is 119 cm³/mol. The van der Waals surface area contributed by atoms with Crippen molar-refractivity contribution in [1.29, 1.82) is 0 Å². The lowest BCUT2D eigenvalue weighted by Crippen LogP contribution is -2.43. The molecule has 3 aromatic rings. The van der Waals surface area contributed by atoms with E-state index in [2.05, 4.69) is 10.6 Å². The van der Waals surface area contributed by atoms with Crippen LogP contribution in [0.15, 0.2) is 48.7 Å². The summed E-state index contributed by atoms with van der Waals surface area (Å²) in [5.74, 6) is -0.427. The Morgan fingerprint density at radius 1 is 1.19 bits per heavy atom. The van der Waals surface area contributed by atoms with E-state index < -0.39 is 11.8 Å². The molecule has 1 aliphatic rings. The van der Waals surface area contributed by atoms with E-state index in [9.17, 15) is 14.0 Å². The minimum atomic E-state index is -0.617. The lowest BCUT2D eigenvalue weighted by molar-refractivity contribution is 0.205. The first-order valence-corrected chi connectivity index (χ1v) is 10.4. The zero-order chi connectivity index (χ0) is 22.0. The molecule has 1 fully saturated rings. The lowest BCUT2D eigenvalue weighted by atomic mass is 10.2. The first kappa shape index (κ1) is 21.1. The van der Waals surface area contributed by atoms with E-state index in [4.69, 9.17) is 17.3 Å². The van der Waals surface area contributed by atoms with Gasteiger partial charge in [-0.05, 0) is 25.0 Å². The summed E-state index contributed by atoms with van der Waals surface area (Å²) in [5.41, 5.74) is 7.10. The van der Waals surface area contributed by atoms with E-state index in [-0.39, 0.29) is 17.1 Å². The molecule has 1 aliphatic heterocycles. The summed E-state index contributed by atoms with van der Waals surface area (Å²) in [4.78, 5) is 26.4. The van der Waals surface area contributed by atoms with Crippen LogP contribution in [0.25, 0.3) is 10.9 Å². The normalized spacial score (nSPS) is 16.1. The molecule has 2 heterocycles. The molecular formula is C22H23ClFN5O2. The van der Waals surface area contributed by atoms with Crippen molar-refractivity contribution in [3.8, 4) is 0 Å². The molecule has 0 radical (unpaired) electrons. The number of nitrogens with one attached hydrogen (secondary N) is 2. The van der Waals surface area contributed by atoms with Gasteiger partial charge < -0.3 is 21.3 Å². The highest BCUT2D eigenvalue weighted by Gasteiger charge is 2.29. The number of hydrogen-bond acceptors (Lipinski definition) is 3. The van der Waals surface area contributed by atoms with Crippen LogP contribution < -0.4 is 16.4 Å². The predicted octanol–water partition coefficient (Wildman–Crippen LogP) is 4.15. The van der Waals surface area contributed by atoms with Gasteiger partial charge in [-0.15, -0.1) is 0 Å². The smallest absolute Gasteiger partial charge is 0.323 e. The van der Waals surface area contributed by atoms with E-state index in [1.165, 1.54) is 16.8 Å². The van der Waals surface area contributed by atoms with Crippen molar-refractivity contribution in [1.82, 2.24) is 14.8 Å². The molecule has 1 atom stereocenters. The topological polar surface area (TPSA) is 92.4 Å². The number of benzene rings is 2. The van der Waals surface area contributed by atoms with Crippen LogP contribution in [0.4, 0.5) is 19.7 Å². The second-order valence-electron chi connectivity index (χ2n) is 7.53. The lowest BCUT2D eigenvalue weighted by Gasteiger charge is -2.25. The van der Waals surface area contributed by atoms with Crippen LogP contribution in [0, 0.1) is 5.82 Å². The first-order chi connectivity index (χ1) is 15.0. The van der Waals surface area contributed by atoms with Gasteiger partial charge in [0, 0.05) is 42.8 Å². The van der Waals surface area contributed by atoms with Crippen molar-refractivity contribution >= 4 is 40.3 Å². The first-order valence-electron chi connectivity index (χ1n) is 10.1. The number of carbonyl (C=O) groups excluding carboxylic acids is 2. The van der Waals surface area contributed by atoms with Gasteiger partial charge in [-0.25, -0.2) is 14.0 Å². The highest BCUT2D eigenvalue weighted by Crippen LogP contribution is 2.27. The number of halogens is 2. The molecule has 2 aromatic carbocycles. The molecule has 3 amide bonds. The molecule has 0 spiro atoms. The van der Waals surface area contributed by atoms with Gasteiger partial charge in [0.15, 0.2) is 0 Å². The minimum absolute atomic E-state index is 0.0215. The molecule has 1 saturated heterocycles. The fraction of sp³-hybridized carbons (Fsp3) is 0.273. The molecule has 0 aliphatic carbocycles. The van der Waals surface area contributed by atoms with E-state index in [0.29, 0.717) is 36.4 Å². The number of urea groups is 1. The van der Waals surface area contributed by atoms with E-state index in [1.807, 2.05) is 12.1 Å². The van der Waals surface area contributed by atoms with E-state index >= 15 is 0 Å². The monoisotopic (exact) mass is 443 g/mol. The summed E-state index contributed by atoms with van der Waals surface area (Å²) in [5, 5.41) is 6.96. The Bertz CT molecular complexity index is 1130. The van der Waals surface area contributed by atoms with Crippen molar-refractivity contribution in [2.45, 2.75) is 25.4 Å². The number of anilines is 1. The van der Waals surface area contributed by atoms with Crippen LogP contribution in [-0.2, 0) is 6.54 Å². The number of rotatable bonds is 5. The third-order valence-electron chi connectivity index (χ3n) is 5.56. The Kier molecular flexibility index (Phi) is 6.11. The second-order valence-corrected chi connectivity index (χ2v) is 7.94. The fourth-order valence-corrected chi connectivity index (χ4v) is 4.22. The van der Waals surface area contributed by atoms with Crippen LogP contribution in [-0.4, -0.2) is 40.7 Å². The highest BCUT2D eigenvalue weighted by atomic mass is 35.5. The third kappa shape index (κ3) is 4.35. The largest absolute Gasteiger partial charge is 0.351 e. The molecule has 4 N–H and O–H groups in total. The number of likely N-dealkylation sites (tertiary alicyclic amines) is 1. The van der Waals surface area contributed by atoms with Gasteiger partial charge in [-0.1, -0.05) is 41.9 Å². The van der Waals surface area contributed by atoms with Gasteiger partial charge in [0.1, 0.15) is 5.82 Å². The number of nitrogens with two attached hydrogens (primary N) is 1. The van der Waals surface area contributed by atoms with Crippen molar-refractivity contribution in [2.24, 2.45) is 5.73 Å². The Morgan fingerprint density at radius 2 is 2.00 bits per heavy atom. The molecular weight excluding hydrogens is 421 g/mol. The van der Waals surface area contributed by atoms with Gasteiger partial charge in [-0.3, -0.25) is 4.57 Å². The summed E-state index contributed by atoms with van der Waals surface area (Å²) in [6, 6.07) is 11.3. The standard InChI is InChI=1S/C22H23ClFN5O2/c23-17-8-3-5-14(20(17)24)11-26-12-15-6-4-10-28(15)22(31)27-18-13-29(21(25)30)19-9-2-1-7-16(18)19/h1-3,5,7-9,13,15,26H,4,6,10-12H2,(H2,25,30)(H,27,31)/t15-/m0/s1. The third-order valence-corrected chi connectivity index (χ3v) is 5.85. The van der Waals surface area contributed by atoms with Crippen LogP contribution in [0.2, 0.25) is 5.02 Å². The molecule has 4 rings (SSSR count). The van der Waals surface area contributed by atoms with Crippen molar-refractivity contribution in [2.75, 3.05) is 18.4 Å². The number of primary amides is 1. The van der Waals surface area contributed by atoms with Crippen molar-refractivity contribution in [3.05, 3.63) is 65.1 Å². The average Bonchev–Trinajstić information content (AvgIpc) is 3.36. The van der Waals surface area contributed by atoms with Gasteiger partial charge in [0.05, 0.1) is 16.2 Å². The summed E-state index contributed by atoms with van der Waals surface area (Å²) < 4.78 is 15.4. The molecule has 7 nitrogen and oxygen atoms in total. The molecule has 0 saturated carbocycles. The Labute approximate surface area is 183 Å². The Hall–Kier alpha value is -3.10. The summed E-state index contributed by atoms with van der Waals surface area (Å²) >= 11 is 5.83. The SMILES string of the molecule is NC(=O)n1cc(NC(=O)N2CCC[C@H]2CNCc2cccc(Cl)c2F)c2ccccc21. The highest BCUT2D eigenvalue weighted by molar-refractivity contribution is 6.30. The maximum absolute atomic E-state index is 14.1. The average molecular weight is 444 g/mol. The van der Waals surface area contributed by atoms with Crippen LogP contribution >= 0.6 is 11.6 Å². The maximum atomic E-state index is 14.1. The minimum Gasteiger partial charge on any atom is -0.351 e. The number of amides is 3.